The summed E-state index contributed by atoms with van der Waals surface area (Å²) in [5, 5.41) is 2.61. The number of hydrogen-bond donors (Lipinski definition) is 0. The van der Waals surface area contributed by atoms with E-state index in [1.165, 1.54) is 16.5 Å². The minimum atomic E-state index is -1.50. The Balaban J connectivity index is -0.000000379. The number of halogens is 1. The zero-order chi connectivity index (χ0) is 13.3. The van der Waals surface area contributed by atoms with Crippen LogP contribution in [0.1, 0.15) is 0 Å². The van der Waals surface area contributed by atoms with Crippen LogP contribution in [0, 0.1) is 6.08 Å². The van der Waals surface area contributed by atoms with Crippen molar-refractivity contribution in [3.63, 3.8) is 0 Å². The van der Waals surface area contributed by atoms with Crippen LogP contribution in [-0.2, 0) is 0 Å². The van der Waals surface area contributed by atoms with Crippen molar-refractivity contribution in [2.75, 3.05) is 0 Å². The first-order chi connectivity index (χ1) is 8.00. The van der Waals surface area contributed by atoms with Gasteiger partial charge in [-0.15, -0.1) is 0 Å². The van der Waals surface area contributed by atoms with Gasteiger partial charge in [-0.05, 0) is 0 Å². The van der Waals surface area contributed by atoms with Gasteiger partial charge in [-0.1, -0.05) is 73.0 Å². The van der Waals surface area contributed by atoms with Crippen LogP contribution in [0.25, 0.3) is 0 Å². The maximum atomic E-state index is 4.06. The molecule has 0 saturated carbocycles. The predicted molar refractivity (Wildman–Crippen MR) is 87.7 cm³/mol. The molecule has 0 aromatic heterocycles. The van der Waals surface area contributed by atoms with Gasteiger partial charge in [0.1, 0.15) is 8.07 Å². The monoisotopic (exact) mass is 300 g/mol. The molecular formula is C16H21ClMgSi. The third-order valence-corrected chi connectivity index (χ3v) is 6.28. The molecule has 0 saturated heterocycles. The Morgan fingerprint density at radius 3 is 1.89 bits per heavy atom. The second-order valence-corrected chi connectivity index (χ2v) is 8.60. The van der Waals surface area contributed by atoms with Gasteiger partial charge in [-0.3, -0.25) is 6.08 Å². The smallest absolute Gasteiger partial charge is 1.00 e. The van der Waals surface area contributed by atoms with E-state index in [1.54, 1.807) is 0 Å². The Hall–Kier alpha value is -0.547. The van der Waals surface area contributed by atoms with Crippen molar-refractivity contribution >= 4 is 36.3 Å². The summed E-state index contributed by atoms with van der Waals surface area (Å²) in [6.07, 6.45) is 5.85. The van der Waals surface area contributed by atoms with Crippen molar-refractivity contribution < 1.29 is 12.4 Å². The van der Waals surface area contributed by atoms with Crippen LogP contribution in [0.4, 0.5) is 0 Å². The second-order valence-electron chi connectivity index (χ2n) is 4.13. The molecule has 0 heterocycles. The van der Waals surface area contributed by atoms with Crippen molar-refractivity contribution in [1.29, 1.82) is 0 Å². The number of benzene rings is 1. The van der Waals surface area contributed by atoms with Crippen LogP contribution in [0.15, 0.2) is 74.0 Å². The molecule has 1 aromatic rings. The summed E-state index contributed by atoms with van der Waals surface area (Å²) in [6, 6.07) is 10.6. The summed E-state index contributed by atoms with van der Waals surface area (Å²) in [5.41, 5.74) is 0. The van der Waals surface area contributed by atoms with Crippen LogP contribution in [0.5, 0.6) is 0 Å². The van der Waals surface area contributed by atoms with Crippen molar-refractivity contribution in [3.05, 3.63) is 80.1 Å². The molecule has 1 rings (SSSR count). The SMILES string of the molecule is C=CC(=C)[Si](C)(C)c1ccccc1.C=[C-]C=C.[Cl-].[Mg+2]. The topological polar surface area (TPSA) is 0 Å². The van der Waals surface area contributed by atoms with Crippen LogP contribution in [-0.4, -0.2) is 31.1 Å². The summed E-state index contributed by atoms with van der Waals surface area (Å²) in [6.45, 7) is 19.0. The largest absolute Gasteiger partial charge is 2.00 e. The van der Waals surface area contributed by atoms with E-state index in [9.17, 15) is 0 Å². The average molecular weight is 301 g/mol. The molecule has 0 bridgehead atoms. The van der Waals surface area contributed by atoms with E-state index in [-0.39, 0.29) is 35.5 Å². The molecule has 0 atom stereocenters. The van der Waals surface area contributed by atoms with Crippen LogP contribution >= 0.6 is 0 Å². The third kappa shape index (κ3) is 8.27. The van der Waals surface area contributed by atoms with Gasteiger partial charge < -0.3 is 12.4 Å². The van der Waals surface area contributed by atoms with E-state index in [0.717, 1.165) is 0 Å². The molecule has 0 nitrogen and oxygen atoms in total. The molecule has 0 unspecified atom stereocenters. The summed E-state index contributed by atoms with van der Waals surface area (Å²) in [7, 11) is -1.50. The maximum Gasteiger partial charge on any atom is 2.00 e. The molecule has 0 radical (unpaired) electrons. The minimum absolute atomic E-state index is 0. The third-order valence-electron chi connectivity index (χ3n) is 2.69. The minimum Gasteiger partial charge on any atom is -1.00 e. The van der Waals surface area contributed by atoms with Gasteiger partial charge in [0, 0.05) is 0 Å². The van der Waals surface area contributed by atoms with Gasteiger partial charge in [-0.2, -0.15) is 6.58 Å². The van der Waals surface area contributed by atoms with Gasteiger partial charge >= 0.3 is 23.1 Å². The molecule has 19 heavy (non-hydrogen) atoms. The van der Waals surface area contributed by atoms with Gasteiger partial charge in [0.15, 0.2) is 0 Å². The van der Waals surface area contributed by atoms with E-state index in [2.05, 4.69) is 69.8 Å². The van der Waals surface area contributed by atoms with E-state index in [1.807, 2.05) is 12.1 Å². The first-order valence-corrected chi connectivity index (χ1v) is 8.51. The van der Waals surface area contributed by atoms with Crippen LogP contribution in [0.3, 0.4) is 0 Å². The molecular weight excluding hydrogens is 280 g/mol. The Morgan fingerprint density at radius 2 is 1.58 bits per heavy atom. The Morgan fingerprint density at radius 1 is 1.16 bits per heavy atom. The molecule has 0 spiro atoms. The molecule has 0 aliphatic carbocycles. The molecule has 98 valence electrons. The molecule has 0 fully saturated rings. The first kappa shape index (κ1) is 23.5. The number of hydrogen-bond acceptors (Lipinski definition) is 0. The molecule has 1 aromatic carbocycles. The summed E-state index contributed by atoms with van der Waals surface area (Å²) in [4.78, 5) is 0. The van der Waals surface area contributed by atoms with Gasteiger partial charge in [-0.25, -0.2) is 12.7 Å². The van der Waals surface area contributed by atoms with Crippen LogP contribution < -0.4 is 17.6 Å². The van der Waals surface area contributed by atoms with Crippen LogP contribution in [0.2, 0.25) is 13.1 Å². The molecule has 0 aliphatic heterocycles. The molecule has 0 aliphatic rings. The maximum absolute atomic E-state index is 4.06. The van der Waals surface area contributed by atoms with E-state index >= 15 is 0 Å². The van der Waals surface area contributed by atoms with Gasteiger partial charge in [0.2, 0.25) is 0 Å². The predicted octanol–water partition coefficient (Wildman–Crippen LogP) is 0.668. The fourth-order valence-electron chi connectivity index (χ4n) is 1.30. The van der Waals surface area contributed by atoms with E-state index in [0.29, 0.717) is 0 Å². The standard InChI is InChI=1S/C12H16Si.C4H5.ClH.Mg/c1-5-11(2)13(3,4)12-9-7-6-8-10-12;1-3-4-2;;/h5-10H,1-2H2,3-4H3;3H,1-2H2;1H;/q;-1;;+2/p-1. The normalized spacial score (nSPS) is 8.53. The number of rotatable bonds is 4. The van der Waals surface area contributed by atoms with E-state index in [4.69, 9.17) is 0 Å². The fourth-order valence-corrected chi connectivity index (χ4v) is 3.20. The first-order valence-electron chi connectivity index (χ1n) is 5.51. The van der Waals surface area contributed by atoms with Gasteiger partial charge in [0.05, 0.1) is 0 Å². The molecule has 0 amide bonds. The average Bonchev–Trinajstić information content (AvgIpc) is 2.39. The second kappa shape index (κ2) is 12.5. The summed E-state index contributed by atoms with van der Waals surface area (Å²) in [5.74, 6) is 0. The zero-order valence-electron chi connectivity index (χ0n) is 12.0. The Labute approximate surface area is 141 Å². The van der Waals surface area contributed by atoms with E-state index < -0.39 is 8.07 Å². The zero-order valence-corrected chi connectivity index (χ0v) is 15.1. The Bertz CT molecular complexity index is 390. The van der Waals surface area contributed by atoms with Crippen molar-refractivity contribution in [2.45, 2.75) is 13.1 Å². The molecule has 3 heteroatoms. The summed E-state index contributed by atoms with van der Waals surface area (Å²) < 4.78 is 0. The number of allylic oxidation sites excluding steroid dienone is 4. The fraction of sp³-hybridized carbons (Fsp3) is 0.125. The quantitative estimate of drug-likeness (QED) is 0.436. The van der Waals surface area contributed by atoms with Crippen molar-refractivity contribution in [1.82, 2.24) is 0 Å². The summed E-state index contributed by atoms with van der Waals surface area (Å²) >= 11 is 0. The van der Waals surface area contributed by atoms with Gasteiger partial charge in [0.25, 0.3) is 0 Å². The van der Waals surface area contributed by atoms with Crippen molar-refractivity contribution in [3.8, 4) is 0 Å². The van der Waals surface area contributed by atoms with Crippen molar-refractivity contribution in [2.24, 2.45) is 0 Å². The molecule has 0 N–H and O–H groups in total. The Kier molecular flexibility index (Phi) is 15.5.